The standard InChI is InChI=1S/C14H18N2O/c1-14(2,13(17)16-10-6-9-15)11-12-7-4-3-5-8-12/h3-5,7-8H,6,10-11H2,1-2H3,(H,16,17). The lowest BCUT2D eigenvalue weighted by Gasteiger charge is -2.23. The lowest BCUT2D eigenvalue weighted by Crippen LogP contribution is -2.38. The Hall–Kier alpha value is -1.82. The molecule has 1 N–H and O–H groups in total. The monoisotopic (exact) mass is 230 g/mol. The minimum absolute atomic E-state index is 0.00315. The highest BCUT2D eigenvalue weighted by molar-refractivity contribution is 5.82. The van der Waals surface area contributed by atoms with Gasteiger partial charge in [-0.05, 0) is 12.0 Å². The van der Waals surface area contributed by atoms with E-state index in [0.29, 0.717) is 19.4 Å². The van der Waals surface area contributed by atoms with Gasteiger partial charge in [-0.1, -0.05) is 44.2 Å². The maximum absolute atomic E-state index is 11.9. The number of carbonyl (C=O) groups is 1. The fourth-order valence-electron chi connectivity index (χ4n) is 1.66. The van der Waals surface area contributed by atoms with Crippen molar-refractivity contribution in [3.63, 3.8) is 0 Å². The van der Waals surface area contributed by atoms with Crippen molar-refractivity contribution in [3.05, 3.63) is 35.9 Å². The van der Waals surface area contributed by atoms with Crippen LogP contribution in [0.25, 0.3) is 0 Å². The van der Waals surface area contributed by atoms with Crippen LogP contribution < -0.4 is 5.32 Å². The molecule has 0 radical (unpaired) electrons. The van der Waals surface area contributed by atoms with Gasteiger partial charge in [0.05, 0.1) is 12.5 Å². The Bertz CT molecular complexity index is 404. The van der Waals surface area contributed by atoms with Gasteiger partial charge in [-0.15, -0.1) is 0 Å². The molecule has 17 heavy (non-hydrogen) atoms. The van der Waals surface area contributed by atoms with E-state index in [9.17, 15) is 4.79 Å². The minimum atomic E-state index is -0.448. The Balaban J connectivity index is 2.56. The zero-order valence-electron chi connectivity index (χ0n) is 10.4. The average Bonchev–Trinajstić information content (AvgIpc) is 2.30. The minimum Gasteiger partial charge on any atom is -0.355 e. The smallest absolute Gasteiger partial charge is 0.226 e. The van der Waals surface area contributed by atoms with Crippen LogP contribution in [0.3, 0.4) is 0 Å². The Morgan fingerprint density at radius 3 is 2.59 bits per heavy atom. The van der Waals surface area contributed by atoms with Crippen LogP contribution in [0.4, 0.5) is 0 Å². The Morgan fingerprint density at radius 2 is 2.00 bits per heavy atom. The molecule has 0 saturated heterocycles. The zero-order valence-corrected chi connectivity index (χ0v) is 10.4. The summed E-state index contributed by atoms with van der Waals surface area (Å²) in [5.41, 5.74) is 0.699. The molecule has 3 nitrogen and oxygen atoms in total. The van der Waals surface area contributed by atoms with E-state index < -0.39 is 5.41 Å². The summed E-state index contributed by atoms with van der Waals surface area (Å²) < 4.78 is 0. The third-order valence-electron chi connectivity index (χ3n) is 2.63. The van der Waals surface area contributed by atoms with Crippen LogP contribution in [0.2, 0.25) is 0 Å². The van der Waals surface area contributed by atoms with Crippen molar-refractivity contribution in [1.82, 2.24) is 5.32 Å². The molecule has 0 atom stereocenters. The summed E-state index contributed by atoms with van der Waals surface area (Å²) in [5.74, 6) is -0.00315. The number of hydrogen-bond donors (Lipinski definition) is 1. The van der Waals surface area contributed by atoms with E-state index in [4.69, 9.17) is 5.26 Å². The van der Waals surface area contributed by atoms with Gasteiger partial charge in [-0.3, -0.25) is 4.79 Å². The summed E-state index contributed by atoms with van der Waals surface area (Å²) in [7, 11) is 0. The second-order valence-corrected chi connectivity index (χ2v) is 4.71. The number of nitriles is 1. The summed E-state index contributed by atoms with van der Waals surface area (Å²) in [6, 6.07) is 12.0. The quantitative estimate of drug-likeness (QED) is 0.789. The summed E-state index contributed by atoms with van der Waals surface area (Å²) in [5, 5.41) is 11.2. The number of rotatable bonds is 5. The second-order valence-electron chi connectivity index (χ2n) is 4.71. The molecule has 90 valence electrons. The van der Waals surface area contributed by atoms with Crippen LogP contribution in [-0.4, -0.2) is 12.5 Å². The van der Waals surface area contributed by atoms with Crippen LogP contribution in [-0.2, 0) is 11.2 Å². The van der Waals surface area contributed by atoms with Crippen molar-refractivity contribution in [2.75, 3.05) is 6.54 Å². The number of hydrogen-bond acceptors (Lipinski definition) is 2. The van der Waals surface area contributed by atoms with Gasteiger partial charge in [-0.2, -0.15) is 5.26 Å². The average molecular weight is 230 g/mol. The molecule has 0 aliphatic heterocycles. The molecule has 0 bridgehead atoms. The molecule has 1 aromatic rings. The molecule has 0 aliphatic carbocycles. The van der Waals surface area contributed by atoms with Crippen molar-refractivity contribution < 1.29 is 4.79 Å². The first-order valence-electron chi connectivity index (χ1n) is 5.75. The lowest BCUT2D eigenvalue weighted by molar-refractivity contribution is -0.129. The molecule has 0 fully saturated rings. The van der Waals surface area contributed by atoms with Crippen molar-refractivity contribution in [2.24, 2.45) is 5.41 Å². The van der Waals surface area contributed by atoms with Gasteiger partial charge in [0.15, 0.2) is 0 Å². The molecule has 0 saturated carbocycles. The molecule has 0 unspecified atom stereocenters. The lowest BCUT2D eigenvalue weighted by atomic mass is 9.85. The third-order valence-corrected chi connectivity index (χ3v) is 2.63. The zero-order chi connectivity index (χ0) is 12.7. The largest absolute Gasteiger partial charge is 0.355 e. The third kappa shape index (κ3) is 4.28. The van der Waals surface area contributed by atoms with Crippen LogP contribution in [0, 0.1) is 16.7 Å². The second kappa shape index (κ2) is 6.05. The number of carbonyl (C=O) groups excluding carboxylic acids is 1. The van der Waals surface area contributed by atoms with E-state index in [0.717, 1.165) is 5.56 Å². The Kier molecular flexibility index (Phi) is 4.71. The predicted octanol–water partition coefficient (Wildman–Crippen LogP) is 2.29. The van der Waals surface area contributed by atoms with Gasteiger partial charge >= 0.3 is 0 Å². The summed E-state index contributed by atoms with van der Waals surface area (Å²) in [6.07, 6.45) is 1.05. The van der Waals surface area contributed by atoms with Gasteiger partial charge in [-0.25, -0.2) is 0 Å². The molecule has 3 heteroatoms. The number of benzene rings is 1. The van der Waals surface area contributed by atoms with Crippen LogP contribution in [0.5, 0.6) is 0 Å². The first-order valence-corrected chi connectivity index (χ1v) is 5.75. The van der Waals surface area contributed by atoms with Gasteiger partial charge < -0.3 is 5.32 Å². The van der Waals surface area contributed by atoms with E-state index in [1.807, 2.05) is 50.2 Å². The van der Waals surface area contributed by atoms with E-state index in [2.05, 4.69) is 5.32 Å². The summed E-state index contributed by atoms with van der Waals surface area (Å²) in [4.78, 5) is 11.9. The van der Waals surface area contributed by atoms with Gasteiger partial charge in [0.25, 0.3) is 0 Å². The van der Waals surface area contributed by atoms with Crippen molar-refractivity contribution in [2.45, 2.75) is 26.7 Å². The summed E-state index contributed by atoms with van der Waals surface area (Å²) in [6.45, 7) is 4.26. The van der Waals surface area contributed by atoms with Crippen molar-refractivity contribution >= 4 is 5.91 Å². The van der Waals surface area contributed by atoms with Crippen LogP contribution in [0.1, 0.15) is 25.8 Å². The number of nitrogens with zero attached hydrogens (tertiary/aromatic N) is 1. The van der Waals surface area contributed by atoms with Gasteiger partial charge in [0, 0.05) is 12.0 Å². The van der Waals surface area contributed by atoms with Gasteiger partial charge in [0.1, 0.15) is 0 Å². The maximum Gasteiger partial charge on any atom is 0.226 e. The fourth-order valence-corrected chi connectivity index (χ4v) is 1.66. The predicted molar refractivity (Wildman–Crippen MR) is 67.2 cm³/mol. The molecule has 0 heterocycles. The molecular weight excluding hydrogens is 212 g/mol. The Morgan fingerprint density at radius 1 is 1.35 bits per heavy atom. The molecule has 0 aliphatic rings. The highest BCUT2D eigenvalue weighted by atomic mass is 16.2. The van der Waals surface area contributed by atoms with E-state index in [1.54, 1.807) is 0 Å². The number of nitrogens with one attached hydrogen (secondary N) is 1. The first-order chi connectivity index (χ1) is 8.06. The topological polar surface area (TPSA) is 52.9 Å². The van der Waals surface area contributed by atoms with Crippen molar-refractivity contribution in [1.29, 1.82) is 5.26 Å². The normalized spacial score (nSPS) is 10.6. The van der Waals surface area contributed by atoms with Crippen LogP contribution in [0.15, 0.2) is 30.3 Å². The molecule has 1 rings (SSSR count). The molecule has 1 amide bonds. The SMILES string of the molecule is CC(C)(Cc1ccccc1)C(=O)NCCC#N. The molecule has 0 spiro atoms. The van der Waals surface area contributed by atoms with Gasteiger partial charge in [0.2, 0.25) is 5.91 Å². The van der Waals surface area contributed by atoms with Crippen LogP contribution >= 0.6 is 0 Å². The number of amides is 1. The molecule has 0 aromatic heterocycles. The molecule has 1 aromatic carbocycles. The summed E-state index contributed by atoms with van der Waals surface area (Å²) >= 11 is 0. The molecular formula is C14H18N2O. The maximum atomic E-state index is 11.9. The van der Waals surface area contributed by atoms with E-state index in [1.165, 1.54) is 0 Å². The highest BCUT2D eigenvalue weighted by Crippen LogP contribution is 2.21. The highest BCUT2D eigenvalue weighted by Gasteiger charge is 2.27. The Labute approximate surface area is 102 Å². The van der Waals surface area contributed by atoms with E-state index >= 15 is 0 Å². The van der Waals surface area contributed by atoms with Crippen molar-refractivity contribution in [3.8, 4) is 6.07 Å². The fraction of sp³-hybridized carbons (Fsp3) is 0.429. The first kappa shape index (κ1) is 13.2. The van der Waals surface area contributed by atoms with E-state index in [-0.39, 0.29) is 5.91 Å².